The van der Waals surface area contributed by atoms with E-state index in [1.807, 2.05) is 50.2 Å². The number of hydrogen-bond acceptors (Lipinski definition) is 7. The standard InChI is InChI=1S/C23H26N2O6/c1-7-18-21(16-12-19(27-4)22(29-6)20(13-16)28-5)25(17-10-8-14(2)9-11-17)24-23(18)31-30-15(3)26/h8-13H,7H2,1-6H3. The fraction of sp³-hybridized carbons (Fsp3) is 0.304. The van der Waals surface area contributed by atoms with Crippen molar-refractivity contribution in [3.8, 4) is 40.1 Å². The lowest BCUT2D eigenvalue weighted by atomic mass is 10.0. The lowest BCUT2D eigenvalue weighted by molar-refractivity contribution is -0.212. The van der Waals surface area contributed by atoms with Crippen LogP contribution in [0.2, 0.25) is 0 Å². The van der Waals surface area contributed by atoms with Gasteiger partial charge in [0.15, 0.2) is 11.5 Å². The van der Waals surface area contributed by atoms with Gasteiger partial charge in [-0.15, -0.1) is 5.10 Å². The molecule has 0 aliphatic rings. The zero-order valence-electron chi connectivity index (χ0n) is 18.5. The van der Waals surface area contributed by atoms with Gasteiger partial charge in [0.05, 0.1) is 32.7 Å². The highest BCUT2D eigenvalue weighted by Gasteiger charge is 2.24. The third-order valence-electron chi connectivity index (χ3n) is 4.75. The van der Waals surface area contributed by atoms with Crippen LogP contribution in [-0.2, 0) is 16.1 Å². The van der Waals surface area contributed by atoms with E-state index in [0.717, 1.165) is 28.1 Å². The molecule has 31 heavy (non-hydrogen) atoms. The van der Waals surface area contributed by atoms with Crippen LogP contribution in [0.3, 0.4) is 0 Å². The number of methoxy groups -OCH3 is 3. The summed E-state index contributed by atoms with van der Waals surface area (Å²) in [5.41, 5.74) is 4.24. The maximum atomic E-state index is 11.3. The second-order valence-electron chi connectivity index (χ2n) is 6.81. The van der Waals surface area contributed by atoms with E-state index in [1.54, 1.807) is 26.0 Å². The van der Waals surface area contributed by atoms with Crippen molar-refractivity contribution in [2.45, 2.75) is 27.2 Å². The summed E-state index contributed by atoms with van der Waals surface area (Å²) in [6.07, 6.45) is 0.578. The molecule has 1 heterocycles. The molecule has 2 aromatic carbocycles. The van der Waals surface area contributed by atoms with Gasteiger partial charge in [-0.3, -0.25) is 4.89 Å². The molecule has 3 rings (SSSR count). The molecular formula is C23H26N2O6. The first-order chi connectivity index (χ1) is 14.9. The molecule has 3 aromatic rings. The van der Waals surface area contributed by atoms with Crippen molar-refractivity contribution in [1.29, 1.82) is 0 Å². The molecule has 0 bridgehead atoms. The molecule has 8 nitrogen and oxygen atoms in total. The Morgan fingerprint density at radius 1 is 1.00 bits per heavy atom. The minimum atomic E-state index is -0.568. The summed E-state index contributed by atoms with van der Waals surface area (Å²) >= 11 is 0. The van der Waals surface area contributed by atoms with E-state index in [-0.39, 0.29) is 5.88 Å². The number of rotatable bonds is 8. The van der Waals surface area contributed by atoms with Crippen molar-refractivity contribution in [1.82, 2.24) is 9.78 Å². The van der Waals surface area contributed by atoms with Crippen molar-refractivity contribution >= 4 is 5.97 Å². The van der Waals surface area contributed by atoms with Gasteiger partial charge in [-0.05, 0) is 37.6 Å². The van der Waals surface area contributed by atoms with Gasteiger partial charge in [0.2, 0.25) is 5.75 Å². The molecular weight excluding hydrogens is 400 g/mol. The third-order valence-corrected chi connectivity index (χ3v) is 4.75. The fourth-order valence-corrected chi connectivity index (χ4v) is 3.30. The molecule has 0 N–H and O–H groups in total. The molecule has 0 saturated heterocycles. The van der Waals surface area contributed by atoms with E-state index >= 15 is 0 Å². The molecule has 164 valence electrons. The highest BCUT2D eigenvalue weighted by molar-refractivity contribution is 5.74. The number of aryl methyl sites for hydroxylation is 1. The molecule has 0 radical (unpaired) electrons. The van der Waals surface area contributed by atoms with Crippen LogP contribution in [0.5, 0.6) is 23.1 Å². The molecule has 0 unspecified atom stereocenters. The average molecular weight is 426 g/mol. The molecule has 0 saturated carbocycles. The van der Waals surface area contributed by atoms with E-state index in [1.165, 1.54) is 6.92 Å². The van der Waals surface area contributed by atoms with Crippen LogP contribution in [0.25, 0.3) is 16.9 Å². The Morgan fingerprint density at radius 3 is 2.10 bits per heavy atom. The third kappa shape index (κ3) is 4.42. The molecule has 0 amide bonds. The van der Waals surface area contributed by atoms with Gasteiger partial charge in [0.25, 0.3) is 5.88 Å². The Kier molecular flexibility index (Phi) is 6.69. The van der Waals surface area contributed by atoms with Crippen LogP contribution in [0.1, 0.15) is 25.0 Å². The lowest BCUT2D eigenvalue weighted by Gasteiger charge is -2.16. The van der Waals surface area contributed by atoms with Crippen LogP contribution in [-0.4, -0.2) is 37.1 Å². The number of ether oxygens (including phenoxy) is 3. The van der Waals surface area contributed by atoms with E-state index in [9.17, 15) is 4.79 Å². The smallest absolute Gasteiger partial charge is 0.352 e. The number of hydrogen-bond donors (Lipinski definition) is 0. The van der Waals surface area contributed by atoms with Crippen LogP contribution in [0.15, 0.2) is 36.4 Å². The van der Waals surface area contributed by atoms with E-state index in [2.05, 4.69) is 5.10 Å². The Hall–Kier alpha value is -3.68. The minimum Gasteiger partial charge on any atom is -0.493 e. The van der Waals surface area contributed by atoms with Gasteiger partial charge in [-0.2, -0.15) is 0 Å². The summed E-state index contributed by atoms with van der Waals surface area (Å²) < 4.78 is 18.2. The van der Waals surface area contributed by atoms with Gasteiger partial charge >= 0.3 is 5.97 Å². The highest BCUT2D eigenvalue weighted by Crippen LogP contribution is 2.43. The topological polar surface area (TPSA) is 81.0 Å². The molecule has 0 spiro atoms. The average Bonchev–Trinajstić information content (AvgIpc) is 3.15. The number of carbonyl (C=O) groups excluding carboxylic acids is 1. The number of nitrogens with zero attached hydrogens (tertiary/aromatic N) is 2. The predicted octanol–water partition coefficient (Wildman–Crippen LogP) is 4.29. The first-order valence-corrected chi connectivity index (χ1v) is 9.77. The van der Waals surface area contributed by atoms with Gasteiger partial charge in [0, 0.05) is 18.1 Å². The molecule has 0 fully saturated rings. The van der Waals surface area contributed by atoms with Crippen molar-refractivity contribution in [3.05, 3.63) is 47.5 Å². The molecule has 8 heteroatoms. The summed E-state index contributed by atoms with van der Waals surface area (Å²) in [5.74, 6) is 1.16. The van der Waals surface area contributed by atoms with Crippen molar-refractivity contribution < 1.29 is 28.8 Å². The zero-order chi connectivity index (χ0) is 22.5. The summed E-state index contributed by atoms with van der Waals surface area (Å²) in [4.78, 5) is 21.3. The first-order valence-electron chi connectivity index (χ1n) is 9.77. The molecule has 1 aromatic heterocycles. The Balaban J connectivity index is 2.29. The SMILES string of the molecule is CCc1c(OOC(C)=O)nn(-c2ccc(C)cc2)c1-c1cc(OC)c(OC)c(OC)c1. The van der Waals surface area contributed by atoms with Gasteiger partial charge < -0.3 is 14.2 Å². The van der Waals surface area contributed by atoms with Crippen LogP contribution in [0, 0.1) is 6.92 Å². The summed E-state index contributed by atoms with van der Waals surface area (Å²) in [7, 11) is 4.68. The van der Waals surface area contributed by atoms with Crippen molar-refractivity contribution in [2.24, 2.45) is 0 Å². The molecule has 0 atom stereocenters. The Morgan fingerprint density at radius 2 is 1.61 bits per heavy atom. The van der Waals surface area contributed by atoms with Crippen LogP contribution < -0.4 is 19.1 Å². The number of carbonyl (C=O) groups is 1. The quantitative estimate of drug-likeness (QED) is 0.392. The molecule has 0 aliphatic carbocycles. The summed E-state index contributed by atoms with van der Waals surface area (Å²) in [6.45, 7) is 5.25. The van der Waals surface area contributed by atoms with Crippen molar-refractivity contribution in [3.63, 3.8) is 0 Å². The van der Waals surface area contributed by atoms with Gasteiger partial charge in [-0.25, -0.2) is 14.4 Å². The van der Waals surface area contributed by atoms with Gasteiger partial charge in [-0.1, -0.05) is 24.6 Å². The van der Waals surface area contributed by atoms with E-state index in [4.69, 9.17) is 24.0 Å². The molecule has 0 aliphatic heterocycles. The van der Waals surface area contributed by atoms with E-state index < -0.39 is 5.97 Å². The minimum absolute atomic E-state index is 0.210. The first kappa shape index (κ1) is 22.0. The number of benzene rings is 2. The summed E-state index contributed by atoms with van der Waals surface area (Å²) in [6, 6.07) is 11.6. The lowest BCUT2D eigenvalue weighted by Crippen LogP contribution is -2.04. The predicted molar refractivity (Wildman–Crippen MR) is 115 cm³/mol. The largest absolute Gasteiger partial charge is 0.493 e. The van der Waals surface area contributed by atoms with E-state index in [0.29, 0.717) is 23.7 Å². The second kappa shape index (κ2) is 9.42. The highest BCUT2D eigenvalue weighted by atomic mass is 17.2. The normalized spacial score (nSPS) is 10.5. The van der Waals surface area contributed by atoms with Crippen LogP contribution >= 0.6 is 0 Å². The maximum Gasteiger partial charge on any atom is 0.352 e. The summed E-state index contributed by atoms with van der Waals surface area (Å²) in [5, 5.41) is 4.59. The Bertz CT molecular complexity index is 1050. The maximum absolute atomic E-state index is 11.3. The zero-order valence-corrected chi connectivity index (χ0v) is 18.5. The fourth-order valence-electron chi connectivity index (χ4n) is 3.30. The number of aromatic nitrogens is 2. The van der Waals surface area contributed by atoms with Gasteiger partial charge in [0.1, 0.15) is 0 Å². The second-order valence-corrected chi connectivity index (χ2v) is 6.81. The van der Waals surface area contributed by atoms with Crippen LogP contribution in [0.4, 0.5) is 0 Å². The monoisotopic (exact) mass is 426 g/mol. The Labute approximate surface area is 181 Å². The van der Waals surface area contributed by atoms with Crippen molar-refractivity contribution in [2.75, 3.05) is 21.3 Å².